The Kier molecular flexibility index (Phi) is 5.47. The quantitative estimate of drug-likeness (QED) is 0.491. The molecule has 4 amide bonds. The maximum Gasteiger partial charge on any atom is 0.316 e. The van der Waals surface area contributed by atoms with Crippen molar-refractivity contribution in [1.82, 2.24) is 5.32 Å². The van der Waals surface area contributed by atoms with Crippen LogP contribution in [0.15, 0.2) is 48.5 Å². The first kappa shape index (κ1) is 17.7. The number of hydrogen-bond acceptors (Lipinski definition) is 5. The Morgan fingerprint density at radius 1 is 0.840 bits per heavy atom. The predicted octanol–water partition coefficient (Wildman–Crippen LogP) is 1.12. The van der Waals surface area contributed by atoms with Crippen LogP contribution in [0.2, 0.25) is 0 Å². The summed E-state index contributed by atoms with van der Waals surface area (Å²) in [7, 11) is 0. The summed E-state index contributed by atoms with van der Waals surface area (Å²) >= 11 is 0. The molecule has 5 N–H and O–H groups in total. The Hall–Kier alpha value is -3.68. The zero-order valence-electron chi connectivity index (χ0n) is 13.3. The van der Waals surface area contributed by atoms with Gasteiger partial charge in [-0.3, -0.25) is 24.5 Å². The zero-order chi connectivity index (χ0) is 18.4. The Labute approximate surface area is 143 Å². The minimum Gasteiger partial charge on any atom is -0.399 e. The molecule has 0 aliphatic rings. The van der Waals surface area contributed by atoms with Crippen molar-refractivity contribution < 1.29 is 19.2 Å². The summed E-state index contributed by atoms with van der Waals surface area (Å²) in [5.74, 6) is -3.10. The Morgan fingerprint density at radius 3 is 2.04 bits per heavy atom. The Balaban J connectivity index is 1.98. The number of rotatable bonds is 3. The van der Waals surface area contributed by atoms with Crippen LogP contribution in [0.4, 0.5) is 17.1 Å². The summed E-state index contributed by atoms with van der Waals surface area (Å²) < 4.78 is 0. The van der Waals surface area contributed by atoms with Crippen molar-refractivity contribution >= 4 is 40.7 Å². The first-order chi connectivity index (χ1) is 11.8. The topological polar surface area (TPSA) is 130 Å². The van der Waals surface area contributed by atoms with E-state index < -0.39 is 17.7 Å². The molecule has 8 heteroatoms. The molecule has 2 aromatic rings. The van der Waals surface area contributed by atoms with Crippen molar-refractivity contribution in [2.24, 2.45) is 0 Å². The number of nitrogens with two attached hydrogens (primary N) is 1. The number of nitrogen functional groups attached to an aromatic ring is 1. The highest BCUT2D eigenvalue weighted by Gasteiger charge is 2.18. The maximum atomic E-state index is 11.9. The molecule has 0 saturated heterocycles. The van der Waals surface area contributed by atoms with Crippen LogP contribution in [0, 0.1) is 0 Å². The molecule has 0 unspecified atom stereocenters. The van der Waals surface area contributed by atoms with Gasteiger partial charge in [0.1, 0.15) is 0 Å². The van der Waals surface area contributed by atoms with Crippen molar-refractivity contribution in [2.75, 3.05) is 16.4 Å². The van der Waals surface area contributed by atoms with Crippen LogP contribution >= 0.6 is 0 Å². The number of benzene rings is 2. The van der Waals surface area contributed by atoms with Crippen LogP contribution in [0.25, 0.3) is 0 Å². The van der Waals surface area contributed by atoms with Crippen LogP contribution in [0.1, 0.15) is 17.3 Å². The lowest BCUT2D eigenvalue weighted by atomic mass is 10.2. The highest BCUT2D eigenvalue weighted by Crippen LogP contribution is 2.15. The molecule has 0 aromatic heterocycles. The van der Waals surface area contributed by atoms with Gasteiger partial charge in [0.25, 0.3) is 5.91 Å². The molecule has 0 spiro atoms. The van der Waals surface area contributed by atoms with Crippen LogP contribution in [-0.4, -0.2) is 23.6 Å². The average molecular weight is 340 g/mol. The van der Waals surface area contributed by atoms with E-state index in [0.717, 1.165) is 0 Å². The fraction of sp³-hybridized carbons (Fsp3) is 0.0588. The average Bonchev–Trinajstić information content (AvgIpc) is 2.55. The molecule has 0 aliphatic heterocycles. The third kappa shape index (κ3) is 5.17. The zero-order valence-corrected chi connectivity index (χ0v) is 13.3. The molecule has 8 nitrogen and oxygen atoms in total. The minimum atomic E-state index is -1.10. The van der Waals surface area contributed by atoms with Gasteiger partial charge >= 0.3 is 11.8 Å². The standard InChI is InChI=1S/C17H16N4O4/c1-10(22)19-13-3-2-4-14(9-13)20-16(24)17(25)21-15(23)11-5-7-12(18)8-6-11/h2-9H,18H2,1H3,(H,19,22)(H,20,24)(H,21,23,25). The third-order valence-corrected chi connectivity index (χ3v) is 3.05. The van der Waals surface area contributed by atoms with Crippen molar-refractivity contribution in [3.05, 3.63) is 54.1 Å². The lowest BCUT2D eigenvalue weighted by Crippen LogP contribution is -2.39. The van der Waals surface area contributed by atoms with Crippen molar-refractivity contribution in [2.45, 2.75) is 6.92 Å². The van der Waals surface area contributed by atoms with Crippen molar-refractivity contribution in [3.8, 4) is 0 Å². The molecule has 2 rings (SSSR count). The van der Waals surface area contributed by atoms with Gasteiger partial charge in [0.05, 0.1) is 0 Å². The second-order valence-corrected chi connectivity index (χ2v) is 5.12. The molecule has 2 aromatic carbocycles. The summed E-state index contributed by atoms with van der Waals surface area (Å²) in [6.45, 7) is 1.35. The van der Waals surface area contributed by atoms with Gasteiger partial charge in [0, 0.05) is 29.5 Å². The van der Waals surface area contributed by atoms with Gasteiger partial charge in [-0.25, -0.2) is 0 Å². The third-order valence-electron chi connectivity index (χ3n) is 3.05. The lowest BCUT2D eigenvalue weighted by Gasteiger charge is -2.08. The highest BCUT2D eigenvalue weighted by molar-refractivity contribution is 6.42. The molecule has 0 fully saturated rings. The molecule has 0 radical (unpaired) electrons. The summed E-state index contributed by atoms with van der Waals surface area (Å²) in [5, 5.41) is 6.88. The molecule has 0 heterocycles. The van der Waals surface area contributed by atoms with Crippen LogP contribution in [0.3, 0.4) is 0 Å². The molecule has 0 aliphatic carbocycles. The molecule has 25 heavy (non-hydrogen) atoms. The molecule has 0 bridgehead atoms. The SMILES string of the molecule is CC(=O)Nc1cccc(NC(=O)C(=O)NC(=O)c2ccc(N)cc2)c1. The fourth-order valence-electron chi connectivity index (χ4n) is 1.93. The largest absolute Gasteiger partial charge is 0.399 e. The minimum absolute atomic E-state index is 0.197. The van der Waals surface area contributed by atoms with Crippen LogP contribution < -0.4 is 21.7 Å². The van der Waals surface area contributed by atoms with E-state index in [1.165, 1.54) is 43.3 Å². The highest BCUT2D eigenvalue weighted by atomic mass is 16.2. The van der Waals surface area contributed by atoms with E-state index in [9.17, 15) is 19.2 Å². The van der Waals surface area contributed by atoms with Gasteiger partial charge in [-0.15, -0.1) is 0 Å². The number of anilines is 3. The summed E-state index contributed by atoms with van der Waals surface area (Å²) in [4.78, 5) is 46.6. The number of amides is 4. The van der Waals surface area contributed by atoms with E-state index >= 15 is 0 Å². The normalized spacial score (nSPS) is 9.80. The predicted molar refractivity (Wildman–Crippen MR) is 92.7 cm³/mol. The number of carbonyl (C=O) groups excluding carboxylic acids is 4. The van der Waals surface area contributed by atoms with Gasteiger partial charge in [0.15, 0.2) is 0 Å². The van der Waals surface area contributed by atoms with Gasteiger partial charge in [-0.1, -0.05) is 6.07 Å². The van der Waals surface area contributed by atoms with Gasteiger partial charge in [0.2, 0.25) is 5.91 Å². The van der Waals surface area contributed by atoms with Crippen LogP contribution in [0.5, 0.6) is 0 Å². The van der Waals surface area contributed by atoms with E-state index in [2.05, 4.69) is 10.6 Å². The van der Waals surface area contributed by atoms with E-state index in [-0.39, 0.29) is 11.5 Å². The summed E-state index contributed by atoms with van der Waals surface area (Å²) in [5.41, 5.74) is 6.94. The summed E-state index contributed by atoms with van der Waals surface area (Å²) in [6.07, 6.45) is 0. The smallest absolute Gasteiger partial charge is 0.316 e. The van der Waals surface area contributed by atoms with E-state index in [1.54, 1.807) is 12.1 Å². The molecule has 128 valence electrons. The van der Waals surface area contributed by atoms with E-state index in [4.69, 9.17) is 5.73 Å². The number of imide groups is 1. The van der Waals surface area contributed by atoms with Gasteiger partial charge < -0.3 is 16.4 Å². The lowest BCUT2D eigenvalue weighted by molar-refractivity contribution is -0.135. The number of hydrogen-bond donors (Lipinski definition) is 4. The van der Waals surface area contributed by atoms with Crippen LogP contribution in [-0.2, 0) is 14.4 Å². The van der Waals surface area contributed by atoms with E-state index in [0.29, 0.717) is 17.1 Å². The second-order valence-electron chi connectivity index (χ2n) is 5.12. The van der Waals surface area contributed by atoms with Gasteiger partial charge in [-0.05, 0) is 42.5 Å². The summed E-state index contributed by atoms with van der Waals surface area (Å²) in [6, 6.07) is 12.1. The Morgan fingerprint density at radius 2 is 1.44 bits per heavy atom. The monoisotopic (exact) mass is 340 g/mol. The number of nitrogens with one attached hydrogen (secondary N) is 3. The fourth-order valence-corrected chi connectivity index (χ4v) is 1.93. The maximum absolute atomic E-state index is 11.9. The molecular weight excluding hydrogens is 324 g/mol. The molecule has 0 atom stereocenters. The first-order valence-electron chi connectivity index (χ1n) is 7.25. The van der Waals surface area contributed by atoms with Crippen molar-refractivity contribution in [1.29, 1.82) is 0 Å². The first-order valence-corrected chi connectivity index (χ1v) is 7.25. The Bertz CT molecular complexity index is 831. The van der Waals surface area contributed by atoms with E-state index in [1.807, 2.05) is 5.32 Å². The second kappa shape index (κ2) is 7.73. The van der Waals surface area contributed by atoms with Gasteiger partial charge in [-0.2, -0.15) is 0 Å². The number of carbonyl (C=O) groups is 4. The molecule has 0 saturated carbocycles. The van der Waals surface area contributed by atoms with Crippen molar-refractivity contribution in [3.63, 3.8) is 0 Å². The molecular formula is C17H16N4O4.